The maximum Gasteiger partial charge on any atom is 0.343 e. The number of hydrogen-bond acceptors (Lipinski definition) is 30. The highest BCUT2D eigenvalue weighted by Crippen LogP contribution is 2.41. The van der Waals surface area contributed by atoms with E-state index in [-0.39, 0.29) is 203 Å². The molecule has 0 fully saturated rings. The third kappa shape index (κ3) is 25.1. The number of pyridine rings is 4. The standard InChI is InChI=1S/C86H105N11O28/c1-4-85(112)62-48-67-78-56(50-96(67)81(108)60(62)52-122-83(85)110)44-54-46-58(10-12-64(54)92-78)124-76(105)20-16-70(99)87-23-27-94(28-24-88-71(100)17-21-77(106)125-59-11-13-65-55(47-59)45-57-51-97-68(79(57)93-65)49-63-61(82(97)109)53-123-84(111)86(63,113)5-2)73(102)9-6-22-90-80(107)66(91-72(101)8-7-26-95-74(103)18-19-75(95)104)14-15-69(98)89-25-29-115-32-33-117-36-37-119-40-41-121-43-42-120-39-38-118-35-34-116-31-30-114-3/h10-13,18-19,44-49,66,112-113H,4-9,14-17,20-43,50-53H2,1-3H3,(H,87,99)(H,88,100)(H,89,98)(H,90,107)(H,91,101)/t66?,85-,86-/m0/s1. The summed E-state index contributed by atoms with van der Waals surface area (Å²) in [6.45, 7) is 8.25. The van der Waals surface area contributed by atoms with E-state index in [0.717, 1.165) is 17.1 Å². The molecule has 9 heterocycles. The van der Waals surface area contributed by atoms with Crippen LogP contribution in [0.25, 0.3) is 44.6 Å². The molecule has 39 heteroatoms. The molecular weight excluding hydrogens is 1630 g/mol. The van der Waals surface area contributed by atoms with Crippen molar-refractivity contribution in [2.75, 3.05) is 152 Å². The van der Waals surface area contributed by atoms with Crippen LogP contribution in [0.2, 0.25) is 0 Å². The first-order chi connectivity index (χ1) is 60.4. The van der Waals surface area contributed by atoms with Crippen molar-refractivity contribution < 1.29 is 125 Å². The molecule has 0 saturated heterocycles. The van der Waals surface area contributed by atoms with Gasteiger partial charge in [0.2, 0.25) is 35.4 Å². The Morgan fingerprint density at radius 1 is 0.488 bits per heavy atom. The van der Waals surface area contributed by atoms with Crippen molar-refractivity contribution in [2.24, 2.45) is 0 Å². The fraction of sp³-hybridized carbons (Fsp3) is 0.512. The minimum Gasteiger partial charge on any atom is -0.458 e. The first kappa shape index (κ1) is 94.0. The zero-order valence-corrected chi connectivity index (χ0v) is 70.1. The number of nitrogens with zero attached hydrogens (tertiary/aromatic N) is 6. The number of aromatic nitrogens is 4. The molecule has 0 radical (unpaired) electrons. The van der Waals surface area contributed by atoms with Gasteiger partial charge >= 0.3 is 23.9 Å². The number of cyclic esters (lactones) is 2. The number of amides is 8. The lowest BCUT2D eigenvalue weighted by atomic mass is 9.86. The van der Waals surface area contributed by atoms with Crippen LogP contribution in [0, 0.1) is 0 Å². The maximum atomic E-state index is 14.1. The molecule has 0 saturated carbocycles. The second kappa shape index (κ2) is 45.8. The van der Waals surface area contributed by atoms with Gasteiger partial charge in [0.05, 0.1) is 170 Å². The minimum absolute atomic E-state index is 0.0192. The Balaban J connectivity index is 0.634. The number of nitrogens with one attached hydrogen (secondary N) is 5. The van der Waals surface area contributed by atoms with Crippen molar-refractivity contribution in [1.82, 2.24) is 55.5 Å². The molecule has 3 atom stereocenters. The van der Waals surface area contributed by atoms with Crippen molar-refractivity contribution in [2.45, 2.75) is 134 Å². The fourth-order valence-corrected chi connectivity index (χ4v) is 14.6. The molecule has 0 spiro atoms. The summed E-state index contributed by atoms with van der Waals surface area (Å²) in [5.74, 6) is -7.27. The predicted molar refractivity (Wildman–Crippen MR) is 441 cm³/mol. The highest BCUT2D eigenvalue weighted by molar-refractivity contribution is 6.13. The molecule has 0 bridgehead atoms. The molecule has 39 nitrogen and oxygen atoms in total. The Morgan fingerprint density at radius 2 is 0.920 bits per heavy atom. The number of ether oxygens (including phenoxy) is 12. The summed E-state index contributed by atoms with van der Waals surface area (Å²) in [5.41, 5.74) is -0.0523. The maximum absolute atomic E-state index is 14.1. The molecule has 4 aromatic heterocycles. The number of benzene rings is 2. The Kier molecular flexibility index (Phi) is 34.5. The van der Waals surface area contributed by atoms with E-state index in [2.05, 4.69) is 26.6 Å². The van der Waals surface area contributed by atoms with Gasteiger partial charge in [0.25, 0.3) is 22.9 Å². The zero-order chi connectivity index (χ0) is 89.0. The van der Waals surface area contributed by atoms with Gasteiger partial charge < -0.3 is 108 Å². The SMILES string of the molecule is CC[C@@]1(O)C(=O)OCc2c1cc1n(c2=O)Cc2cc3cc(OC(=O)CCC(=O)NCCN(CCNC(=O)CCC(=O)Oc4ccc5nc6c(cc5c4)Cn4c-6cc5c(c4=O)COC(=O)[C@]5(O)CC)C(=O)CCCNC(=O)C(CCC(=O)NCCOCCOCCOCCOCCOCCOCCOCCOC)NC(=O)CCCN4C(=O)C=CC4=O)ccc3nc2-1. The number of esters is 4. The van der Waals surface area contributed by atoms with Gasteiger partial charge in [-0.15, -0.1) is 0 Å². The lowest BCUT2D eigenvalue weighted by Gasteiger charge is -2.31. The average molecular weight is 1740 g/mol. The Morgan fingerprint density at radius 3 is 1.37 bits per heavy atom. The van der Waals surface area contributed by atoms with E-state index >= 15 is 0 Å². The van der Waals surface area contributed by atoms with E-state index in [0.29, 0.717) is 135 Å². The van der Waals surface area contributed by atoms with E-state index in [1.807, 2.05) is 0 Å². The molecule has 5 aliphatic rings. The molecule has 11 rings (SSSR count). The van der Waals surface area contributed by atoms with Crippen LogP contribution in [-0.2, 0) is 142 Å². The van der Waals surface area contributed by atoms with E-state index < -0.39 is 99.5 Å². The van der Waals surface area contributed by atoms with Gasteiger partial charge in [-0.3, -0.25) is 62.4 Å². The van der Waals surface area contributed by atoms with Crippen LogP contribution in [0.4, 0.5) is 0 Å². The summed E-state index contributed by atoms with van der Waals surface area (Å²) in [6.07, 6.45) is 0.249. The summed E-state index contributed by atoms with van der Waals surface area (Å²) in [4.78, 5) is 196. The fourth-order valence-electron chi connectivity index (χ4n) is 14.6. The van der Waals surface area contributed by atoms with Crippen LogP contribution >= 0.6 is 0 Å². The van der Waals surface area contributed by atoms with E-state index in [1.54, 1.807) is 69.5 Å². The smallest absolute Gasteiger partial charge is 0.343 e. The second-order valence-electron chi connectivity index (χ2n) is 29.9. The van der Waals surface area contributed by atoms with Crippen LogP contribution < -0.4 is 47.2 Å². The van der Waals surface area contributed by atoms with Crippen LogP contribution in [0.15, 0.2) is 82.4 Å². The molecule has 6 aromatic rings. The van der Waals surface area contributed by atoms with Crippen molar-refractivity contribution in [1.29, 1.82) is 0 Å². The molecule has 1 unspecified atom stereocenters. The molecule has 7 N–H and O–H groups in total. The van der Waals surface area contributed by atoms with Gasteiger partial charge in [0.1, 0.15) is 30.8 Å². The van der Waals surface area contributed by atoms with Crippen LogP contribution in [0.5, 0.6) is 11.5 Å². The molecule has 0 aliphatic carbocycles. The Hall–Kier alpha value is -11.7. The summed E-state index contributed by atoms with van der Waals surface area (Å²) in [6, 6.07) is 15.0. The Labute approximate surface area is 717 Å². The zero-order valence-electron chi connectivity index (χ0n) is 70.1. The number of methoxy groups -OCH3 is 1. The highest BCUT2D eigenvalue weighted by atomic mass is 16.6. The average Bonchev–Trinajstić information content (AvgIpc) is 1.63. The normalized spacial score (nSPS) is 16.0. The monoisotopic (exact) mass is 1740 g/mol. The summed E-state index contributed by atoms with van der Waals surface area (Å²) in [7, 11) is 1.61. The molecule has 672 valence electrons. The van der Waals surface area contributed by atoms with Crippen molar-refractivity contribution in [3.63, 3.8) is 0 Å². The van der Waals surface area contributed by atoms with Gasteiger partial charge in [0.15, 0.2) is 11.2 Å². The third-order valence-corrected chi connectivity index (χ3v) is 21.4. The first-order valence-corrected chi connectivity index (χ1v) is 41.7. The molecular formula is C86H105N11O28. The van der Waals surface area contributed by atoms with Gasteiger partial charge in [-0.1, -0.05) is 13.8 Å². The van der Waals surface area contributed by atoms with Crippen molar-refractivity contribution in [3.8, 4) is 34.3 Å². The largest absolute Gasteiger partial charge is 0.458 e. The lowest BCUT2D eigenvalue weighted by Crippen LogP contribution is -2.48. The number of imide groups is 1. The number of fused-ring (bicyclic) bond motifs is 10. The Bertz CT molecular complexity index is 4880. The number of hydrogen-bond donors (Lipinski definition) is 7. The summed E-state index contributed by atoms with van der Waals surface area (Å²) < 4.78 is 67.9. The molecule has 2 aromatic carbocycles. The third-order valence-electron chi connectivity index (χ3n) is 21.4. The molecule has 5 aliphatic heterocycles. The molecule has 8 amide bonds. The van der Waals surface area contributed by atoms with Crippen molar-refractivity contribution >= 4 is 92.9 Å². The quantitative estimate of drug-likeness (QED) is 0.0122. The summed E-state index contributed by atoms with van der Waals surface area (Å²) in [5, 5.41) is 37.2. The van der Waals surface area contributed by atoms with Crippen molar-refractivity contribution in [3.05, 3.63) is 127 Å². The number of carbonyl (C=O) groups is 12. The van der Waals surface area contributed by atoms with E-state index in [4.69, 9.17) is 66.8 Å². The van der Waals surface area contributed by atoms with E-state index in [1.165, 1.54) is 26.2 Å². The number of aliphatic hydroxyl groups is 2. The van der Waals surface area contributed by atoms with Gasteiger partial charge in [0, 0.05) is 130 Å². The number of carbonyl (C=O) groups excluding carboxylic acids is 12. The van der Waals surface area contributed by atoms with E-state index in [9.17, 15) is 77.3 Å². The summed E-state index contributed by atoms with van der Waals surface area (Å²) >= 11 is 0. The second-order valence-corrected chi connectivity index (χ2v) is 29.9. The number of rotatable bonds is 53. The van der Waals surface area contributed by atoms with Crippen LogP contribution in [0.3, 0.4) is 0 Å². The van der Waals surface area contributed by atoms with Crippen LogP contribution in [-0.4, -0.2) is 268 Å². The van der Waals surface area contributed by atoms with Gasteiger partial charge in [-0.25, -0.2) is 19.6 Å². The van der Waals surface area contributed by atoms with Gasteiger partial charge in [-0.2, -0.15) is 0 Å². The van der Waals surface area contributed by atoms with Crippen LogP contribution in [0.1, 0.15) is 124 Å². The lowest BCUT2D eigenvalue weighted by molar-refractivity contribution is -0.172. The van der Waals surface area contributed by atoms with Gasteiger partial charge in [-0.05, 0) is 92.8 Å². The first-order valence-electron chi connectivity index (χ1n) is 41.7. The minimum atomic E-state index is -2.00. The molecule has 125 heavy (non-hydrogen) atoms. The highest BCUT2D eigenvalue weighted by Gasteiger charge is 2.47. The topological polar surface area (TPSA) is 492 Å². The predicted octanol–water partition coefficient (Wildman–Crippen LogP) is 1.35.